The van der Waals surface area contributed by atoms with Gasteiger partial charge in [0.1, 0.15) is 11.2 Å². The van der Waals surface area contributed by atoms with Crippen LogP contribution in [0.3, 0.4) is 0 Å². The van der Waals surface area contributed by atoms with Gasteiger partial charge in [-0.15, -0.1) is 10.2 Å². The summed E-state index contributed by atoms with van der Waals surface area (Å²) < 4.78 is 28.2. The fraction of sp³-hybridized carbons (Fsp3) is 0.370. The largest absolute Gasteiger partial charge is 0.376 e. The fourth-order valence-corrected chi connectivity index (χ4v) is 6.50. The first-order chi connectivity index (χ1) is 17.1. The highest BCUT2D eigenvalue weighted by molar-refractivity contribution is 7.89. The van der Waals surface area contributed by atoms with Gasteiger partial charge in [-0.1, -0.05) is 30.4 Å². The number of aromatic nitrogens is 3. The van der Waals surface area contributed by atoms with Gasteiger partial charge in [-0.05, 0) is 56.5 Å². The van der Waals surface area contributed by atoms with E-state index < -0.39 is 10.0 Å². The molecule has 0 unspecified atom stereocenters. The van der Waals surface area contributed by atoms with Crippen molar-refractivity contribution in [3.8, 4) is 0 Å². The number of hydrogen-bond donors (Lipinski definition) is 0. The molecule has 1 aliphatic rings. The maximum absolute atomic E-state index is 13.3. The van der Waals surface area contributed by atoms with Gasteiger partial charge < -0.3 is 9.80 Å². The molecule has 1 saturated heterocycles. The van der Waals surface area contributed by atoms with E-state index >= 15 is 0 Å². The molecule has 3 aromatic rings. The van der Waals surface area contributed by atoms with Gasteiger partial charge in [-0.25, -0.2) is 8.42 Å². The molecule has 0 radical (unpaired) electrons. The molecule has 36 heavy (non-hydrogen) atoms. The molecule has 1 aromatic carbocycles. The highest BCUT2D eigenvalue weighted by atomic mass is 32.2. The minimum atomic E-state index is -3.53. The average Bonchev–Trinajstić information content (AvgIpc) is 2.86. The van der Waals surface area contributed by atoms with Crippen LogP contribution in [0.2, 0.25) is 0 Å². The Balaban J connectivity index is 1.58. The van der Waals surface area contributed by atoms with Crippen molar-refractivity contribution in [3.05, 3.63) is 72.1 Å². The van der Waals surface area contributed by atoms with E-state index in [1.165, 1.54) is 0 Å². The second-order valence-electron chi connectivity index (χ2n) is 9.47. The summed E-state index contributed by atoms with van der Waals surface area (Å²) in [6.07, 6.45) is 6.79. The lowest BCUT2D eigenvalue weighted by Crippen LogP contribution is -2.46. The molecule has 0 amide bonds. The highest BCUT2D eigenvalue weighted by Crippen LogP contribution is 2.31. The number of allylic oxidation sites excluding steroid dienone is 2. The molecule has 0 N–H and O–H groups in total. The quantitative estimate of drug-likeness (QED) is 0.448. The Morgan fingerprint density at radius 1 is 1.11 bits per heavy atom. The first-order valence-corrected chi connectivity index (χ1v) is 13.5. The molecule has 190 valence electrons. The number of aryl methyl sites for hydroxylation is 2. The number of nitrogens with zero attached hydrogens (tertiary/aromatic N) is 6. The van der Waals surface area contributed by atoms with E-state index in [0.29, 0.717) is 36.6 Å². The van der Waals surface area contributed by atoms with Crippen molar-refractivity contribution in [2.45, 2.75) is 37.6 Å². The Labute approximate surface area is 214 Å². The summed E-state index contributed by atoms with van der Waals surface area (Å²) in [6.45, 7) is 8.55. The topological polar surface area (TPSA) is 82.5 Å². The van der Waals surface area contributed by atoms with Crippen molar-refractivity contribution in [1.29, 1.82) is 0 Å². The van der Waals surface area contributed by atoms with E-state index in [1.54, 1.807) is 22.6 Å². The summed E-state index contributed by atoms with van der Waals surface area (Å²) >= 11 is 0. The molecular formula is C27H34N6O2S. The van der Waals surface area contributed by atoms with Crippen LogP contribution in [0.15, 0.2) is 60.2 Å². The lowest BCUT2D eigenvalue weighted by molar-refractivity contribution is 0.314. The SMILES string of the molecule is C=C/C=C(/c1nnc(N(C)C2CCN(S(=O)(=O)c3ccc(C)cc3C)CC2)c2ncccc12)N(C)C. The highest BCUT2D eigenvalue weighted by Gasteiger charge is 2.32. The minimum Gasteiger partial charge on any atom is -0.376 e. The molecule has 0 aliphatic carbocycles. The van der Waals surface area contributed by atoms with E-state index in [4.69, 9.17) is 0 Å². The van der Waals surface area contributed by atoms with Crippen molar-refractivity contribution in [2.75, 3.05) is 39.1 Å². The monoisotopic (exact) mass is 506 g/mol. The number of benzene rings is 1. The van der Waals surface area contributed by atoms with Gasteiger partial charge in [-0.3, -0.25) is 4.98 Å². The molecule has 8 nitrogen and oxygen atoms in total. The van der Waals surface area contributed by atoms with Crippen LogP contribution in [0.25, 0.3) is 16.6 Å². The number of rotatable bonds is 7. The Morgan fingerprint density at radius 2 is 1.83 bits per heavy atom. The summed E-state index contributed by atoms with van der Waals surface area (Å²) in [5.74, 6) is 0.696. The van der Waals surface area contributed by atoms with E-state index in [2.05, 4.69) is 26.7 Å². The Hall–Kier alpha value is -3.30. The number of piperidine rings is 1. The van der Waals surface area contributed by atoms with E-state index in [1.807, 2.05) is 70.2 Å². The third kappa shape index (κ3) is 4.85. The third-order valence-electron chi connectivity index (χ3n) is 6.77. The van der Waals surface area contributed by atoms with Crippen LogP contribution < -0.4 is 4.90 Å². The summed E-state index contributed by atoms with van der Waals surface area (Å²) in [6, 6.07) is 9.51. The van der Waals surface area contributed by atoms with Crippen LogP contribution in [0.1, 0.15) is 29.7 Å². The number of anilines is 1. The zero-order valence-electron chi connectivity index (χ0n) is 21.6. The Kier molecular flexibility index (Phi) is 7.42. The van der Waals surface area contributed by atoms with Gasteiger partial charge in [0.2, 0.25) is 10.0 Å². The van der Waals surface area contributed by atoms with Crippen molar-refractivity contribution < 1.29 is 8.42 Å². The van der Waals surface area contributed by atoms with Gasteiger partial charge >= 0.3 is 0 Å². The number of pyridine rings is 1. The standard InChI is InChI=1S/C27H34N6O2S/c1-7-9-23(31(4)5)25-22-10-8-15-28-26(22)27(30-29-25)32(6)21-13-16-33(17-14-21)36(34,35)24-12-11-19(2)18-20(24)3/h7-12,15,18,21H,1,13-14,16-17H2,2-6H3/b23-9-. The fourth-order valence-electron chi connectivity index (χ4n) is 4.82. The number of hydrogen-bond acceptors (Lipinski definition) is 7. The van der Waals surface area contributed by atoms with Crippen molar-refractivity contribution in [2.24, 2.45) is 0 Å². The number of fused-ring (bicyclic) bond motifs is 1. The van der Waals surface area contributed by atoms with Crippen LogP contribution in [0.4, 0.5) is 5.82 Å². The van der Waals surface area contributed by atoms with Crippen LogP contribution in [-0.2, 0) is 10.0 Å². The normalized spacial score (nSPS) is 15.8. The average molecular weight is 507 g/mol. The summed E-state index contributed by atoms with van der Waals surface area (Å²) in [4.78, 5) is 9.11. The maximum Gasteiger partial charge on any atom is 0.243 e. The second kappa shape index (κ2) is 10.4. The van der Waals surface area contributed by atoms with Gasteiger partial charge in [0.25, 0.3) is 0 Å². The number of sulfonamides is 1. The lowest BCUT2D eigenvalue weighted by atomic mass is 10.0. The summed E-state index contributed by atoms with van der Waals surface area (Å²) in [5.41, 5.74) is 4.25. The predicted molar refractivity (Wildman–Crippen MR) is 145 cm³/mol. The minimum absolute atomic E-state index is 0.123. The Bertz CT molecular complexity index is 1410. The van der Waals surface area contributed by atoms with Gasteiger partial charge in [0, 0.05) is 51.9 Å². The molecule has 0 atom stereocenters. The smallest absolute Gasteiger partial charge is 0.243 e. The van der Waals surface area contributed by atoms with Gasteiger partial charge in [0.05, 0.1) is 10.6 Å². The van der Waals surface area contributed by atoms with Crippen LogP contribution >= 0.6 is 0 Å². The third-order valence-corrected chi connectivity index (χ3v) is 8.83. The second-order valence-corrected chi connectivity index (χ2v) is 11.4. The van der Waals surface area contributed by atoms with Crippen molar-refractivity contribution >= 4 is 32.4 Å². The van der Waals surface area contributed by atoms with E-state index in [0.717, 1.165) is 33.4 Å². The van der Waals surface area contributed by atoms with Crippen LogP contribution in [0, 0.1) is 13.8 Å². The summed E-state index contributed by atoms with van der Waals surface area (Å²) in [7, 11) is 2.37. The molecule has 0 bridgehead atoms. The molecule has 0 spiro atoms. The van der Waals surface area contributed by atoms with Crippen molar-refractivity contribution in [3.63, 3.8) is 0 Å². The molecule has 9 heteroatoms. The maximum atomic E-state index is 13.3. The van der Waals surface area contributed by atoms with Crippen LogP contribution in [-0.4, -0.2) is 73.1 Å². The Morgan fingerprint density at radius 3 is 2.47 bits per heavy atom. The molecule has 1 aliphatic heterocycles. The zero-order chi connectivity index (χ0) is 26.0. The predicted octanol–water partition coefficient (Wildman–Crippen LogP) is 4.02. The van der Waals surface area contributed by atoms with Gasteiger partial charge in [-0.2, -0.15) is 4.31 Å². The molecule has 1 fully saturated rings. The zero-order valence-corrected chi connectivity index (χ0v) is 22.5. The van der Waals surface area contributed by atoms with Crippen molar-refractivity contribution in [1.82, 2.24) is 24.4 Å². The summed E-state index contributed by atoms with van der Waals surface area (Å²) in [5, 5.41) is 10.1. The van der Waals surface area contributed by atoms with Crippen LogP contribution in [0.5, 0.6) is 0 Å². The molecule has 3 heterocycles. The lowest BCUT2D eigenvalue weighted by Gasteiger charge is -2.37. The molecular weight excluding hydrogens is 472 g/mol. The first kappa shape index (κ1) is 25.8. The van der Waals surface area contributed by atoms with E-state index in [9.17, 15) is 8.42 Å². The molecule has 4 rings (SSSR count). The van der Waals surface area contributed by atoms with E-state index in [-0.39, 0.29) is 6.04 Å². The molecule has 2 aromatic heterocycles. The van der Waals surface area contributed by atoms with Gasteiger partial charge in [0.15, 0.2) is 5.82 Å². The first-order valence-electron chi connectivity index (χ1n) is 12.1. The molecule has 0 saturated carbocycles.